The Labute approximate surface area is 141 Å². The monoisotopic (exact) mass is 324 g/mol. The van der Waals surface area contributed by atoms with Gasteiger partial charge in [-0.1, -0.05) is 35.4 Å². The van der Waals surface area contributed by atoms with E-state index in [1.54, 1.807) is 0 Å². The molecule has 0 saturated heterocycles. The summed E-state index contributed by atoms with van der Waals surface area (Å²) in [6.07, 6.45) is 2.69. The number of hydrogen-bond donors (Lipinski definition) is 4. The van der Waals surface area contributed by atoms with Gasteiger partial charge in [-0.3, -0.25) is 0 Å². The van der Waals surface area contributed by atoms with Crippen LogP contribution in [0.3, 0.4) is 0 Å². The number of carbonyl (C=O) groups is 2. The standard InChI is InChI=1S/C18H20N4O2/c1-13-3-7-15(8-4-13)21-17(23)19-11-12-20-18(24)22-16-9-5-14(2)6-10-16/h3-12H,1-2H3,(H2,19,21,23)(H2,20,22,24). The van der Waals surface area contributed by atoms with Crippen molar-refractivity contribution in [2.45, 2.75) is 13.8 Å². The van der Waals surface area contributed by atoms with Crippen LogP contribution in [0.4, 0.5) is 21.0 Å². The second-order valence-corrected chi connectivity index (χ2v) is 5.26. The lowest BCUT2D eigenvalue weighted by Gasteiger charge is -2.06. The van der Waals surface area contributed by atoms with Gasteiger partial charge in [0.2, 0.25) is 0 Å². The summed E-state index contributed by atoms with van der Waals surface area (Å²) < 4.78 is 0. The molecule has 0 aliphatic carbocycles. The maximum Gasteiger partial charge on any atom is 0.323 e. The Morgan fingerprint density at radius 1 is 0.667 bits per heavy atom. The minimum atomic E-state index is -0.393. The number of rotatable bonds is 4. The van der Waals surface area contributed by atoms with Crippen LogP contribution in [0, 0.1) is 13.8 Å². The zero-order chi connectivity index (χ0) is 17.4. The second-order valence-electron chi connectivity index (χ2n) is 5.26. The van der Waals surface area contributed by atoms with E-state index in [0.29, 0.717) is 11.4 Å². The van der Waals surface area contributed by atoms with Crippen molar-refractivity contribution in [2.75, 3.05) is 10.6 Å². The molecule has 6 nitrogen and oxygen atoms in total. The molecule has 2 aromatic carbocycles. The Balaban J connectivity index is 1.71. The molecule has 0 heterocycles. The highest BCUT2D eigenvalue weighted by Gasteiger charge is 2.00. The topological polar surface area (TPSA) is 82.3 Å². The molecule has 4 N–H and O–H groups in total. The van der Waals surface area contributed by atoms with Crippen molar-refractivity contribution >= 4 is 23.4 Å². The van der Waals surface area contributed by atoms with Gasteiger partial charge < -0.3 is 21.3 Å². The lowest BCUT2D eigenvalue weighted by molar-refractivity contribution is 0.253. The van der Waals surface area contributed by atoms with E-state index in [9.17, 15) is 9.59 Å². The first kappa shape index (κ1) is 17.1. The van der Waals surface area contributed by atoms with Crippen LogP contribution >= 0.6 is 0 Å². The third-order valence-corrected chi connectivity index (χ3v) is 3.13. The number of nitrogens with one attached hydrogen (secondary N) is 4. The van der Waals surface area contributed by atoms with Gasteiger partial charge in [0.05, 0.1) is 0 Å². The average molecular weight is 324 g/mol. The number of aryl methyl sites for hydroxylation is 2. The van der Waals surface area contributed by atoms with Gasteiger partial charge in [0.15, 0.2) is 0 Å². The van der Waals surface area contributed by atoms with Crippen molar-refractivity contribution in [3.63, 3.8) is 0 Å². The molecule has 0 fully saturated rings. The Kier molecular flexibility index (Phi) is 5.96. The molecule has 0 bridgehead atoms. The molecule has 0 aliphatic rings. The SMILES string of the molecule is Cc1ccc(NC(=O)NC=CNC(=O)Nc2ccc(C)cc2)cc1. The smallest absolute Gasteiger partial charge is 0.313 e. The van der Waals surface area contributed by atoms with Gasteiger partial charge in [0.25, 0.3) is 0 Å². The summed E-state index contributed by atoms with van der Waals surface area (Å²) in [6.45, 7) is 3.94. The first-order valence-corrected chi connectivity index (χ1v) is 7.46. The molecule has 0 saturated carbocycles. The van der Waals surface area contributed by atoms with Gasteiger partial charge in [-0.25, -0.2) is 9.59 Å². The normalized spacial score (nSPS) is 10.2. The molecule has 4 amide bonds. The first-order valence-electron chi connectivity index (χ1n) is 7.46. The Hall–Kier alpha value is -3.28. The van der Waals surface area contributed by atoms with E-state index < -0.39 is 12.1 Å². The van der Waals surface area contributed by atoms with E-state index in [0.717, 1.165) is 11.1 Å². The summed E-state index contributed by atoms with van der Waals surface area (Å²) >= 11 is 0. The summed E-state index contributed by atoms with van der Waals surface area (Å²) in [5.41, 5.74) is 3.61. The van der Waals surface area contributed by atoms with E-state index in [1.807, 2.05) is 62.4 Å². The van der Waals surface area contributed by atoms with Gasteiger partial charge >= 0.3 is 12.1 Å². The largest absolute Gasteiger partial charge is 0.323 e. The predicted octanol–water partition coefficient (Wildman–Crippen LogP) is 3.72. The molecule has 124 valence electrons. The van der Waals surface area contributed by atoms with Crippen molar-refractivity contribution in [3.8, 4) is 0 Å². The van der Waals surface area contributed by atoms with Gasteiger partial charge in [-0.15, -0.1) is 0 Å². The minimum absolute atomic E-state index is 0.393. The summed E-state index contributed by atoms with van der Waals surface area (Å²) in [6, 6.07) is 14.1. The number of amides is 4. The van der Waals surface area contributed by atoms with Crippen LogP contribution in [-0.4, -0.2) is 12.1 Å². The lowest BCUT2D eigenvalue weighted by atomic mass is 10.2. The molecule has 0 atom stereocenters. The fraction of sp³-hybridized carbons (Fsp3) is 0.111. The van der Waals surface area contributed by atoms with E-state index in [-0.39, 0.29) is 0 Å². The minimum Gasteiger partial charge on any atom is -0.313 e. The highest BCUT2D eigenvalue weighted by Crippen LogP contribution is 2.08. The van der Waals surface area contributed by atoms with Gasteiger partial charge in [0, 0.05) is 23.8 Å². The summed E-state index contributed by atoms with van der Waals surface area (Å²) in [5.74, 6) is 0. The number of urea groups is 2. The van der Waals surface area contributed by atoms with Crippen LogP contribution < -0.4 is 21.3 Å². The summed E-state index contributed by atoms with van der Waals surface area (Å²) in [4.78, 5) is 23.3. The van der Waals surface area contributed by atoms with E-state index in [1.165, 1.54) is 12.4 Å². The molecular weight excluding hydrogens is 304 g/mol. The zero-order valence-corrected chi connectivity index (χ0v) is 13.6. The Morgan fingerprint density at radius 3 is 1.33 bits per heavy atom. The number of benzene rings is 2. The van der Waals surface area contributed by atoms with E-state index in [4.69, 9.17) is 0 Å². The lowest BCUT2D eigenvalue weighted by Crippen LogP contribution is -2.27. The average Bonchev–Trinajstić information content (AvgIpc) is 2.56. The van der Waals surface area contributed by atoms with Crippen LogP contribution in [0.15, 0.2) is 60.9 Å². The third-order valence-electron chi connectivity index (χ3n) is 3.13. The van der Waals surface area contributed by atoms with Gasteiger partial charge in [0.1, 0.15) is 0 Å². The Bertz CT molecular complexity index is 658. The summed E-state index contributed by atoms with van der Waals surface area (Å²) in [7, 11) is 0. The quantitative estimate of drug-likeness (QED) is 0.691. The highest BCUT2D eigenvalue weighted by molar-refractivity contribution is 5.91. The number of hydrogen-bond acceptors (Lipinski definition) is 2. The first-order chi connectivity index (χ1) is 11.5. The van der Waals surface area contributed by atoms with Crippen molar-refractivity contribution in [3.05, 3.63) is 72.1 Å². The van der Waals surface area contributed by atoms with Crippen molar-refractivity contribution in [1.29, 1.82) is 0 Å². The van der Waals surface area contributed by atoms with Crippen LogP contribution in [-0.2, 0) is 0 Å². The molecular formula is C18H20N4O2. The molecule has 6 heteroatoms. The Morgan fingerprint density at radius 2 is 1.00 bits per heavy atom. The van der Waals surface area contributed by atoms with Crippen molar-refractivity contribution in [1.82, 2.24) is 10.6 Å². The molecule has 0 spiro atoms. The van der Waals surface area contributed by atoms with Crippen molar-refractivity contribution in [2.24, 2.45) is 0 Å². The maximum absolute atomic E-state index is 11.7. The van der Waals surface area contributed by atoms with Crippen molar-refractivity contribution < 1.29 is 9.59 Å². The van der Waals surface area contributed by atoms with Crippen LogP contribution in [0.25, 0.3) is 0 Å². The fourth-order valence-electron chi connectivity index (χ4n) is 1.84. The van der Waals surface area contributed by atoms with Gasteiger partial charge in [-0.05, 0) is 38.1 Å². The third kappa shape index (κ3) is 5.84. The van der Waals surface area contributed by atoms with E-state index in [2.05, 4.69) is 21.3 Å². The molecule has 0 aromatic heterocycles. The maximum atomic E-state index is 11.7. The highest BCUT2D eigenvalue weighted by atomic mass is 16.2. The van der Waals surface area contributed by atoms with Crippen LogP contribution in [0.5, 0.6) is 0 Å². The van der Waals surface area contributed by atoms with Crippen LogP contribution in [0.1, 0.15) is 11.1 Å². The molecule has 0 radical (unpaired) electrons. The fourth-order valence-corrected chi connectivity index (χ4v) is 1.84. The van der Waals surface area contributed by atoms with E-state index >= 15 is 0 Å². The molecule has 0 aliphatic heterocycles. The number of carbonyl (C=O) groups excluding carboxylic acids is 2. The molecule has 2 rings (SSSR count). The molecule has 0 unspecified atom stereocenters. The zero-order valence-electron chi connectivity index (χ0n) is 13.6. The predicted molar refractivity (Wildman–Crippen MR) is 95.8 cm³/mol. The van der Waals surface area contributed by atoms with Crippen LogP contribution in [0.2, 0.25) is 0 Å². The molecule has 24 heavy (non-hydrogen) atoms. The summed E-state index contributed by atoms with van der Waals surface area (Å²) in [5, 5.41) is 10.3. The molecule has 2 aromatic rings. The van der Waals surface area contributed by atoms with Gasteiger partial charge in [-0.2, -0.15) is 0 Å². The number of anilines is 2. The second kappa shape index (κ2) is 8.38.